The van der Waals surface area contributed by atoms with E-state index < -0.39 is 45.7 Å². The van der Waals surface area contributed by atoms with Crippen LogP contribution in [0, 0.1) is 10.1 Å². The number of phenolic OH excluding ortho intramolecular Hbond substituents is 1. The fourth-order valence-electron chi connectivity index (χ4n) is 2.91. The number of hydrogen-bond acceptors (Lipinski definition) is 8. The molecule has 0 spiro atoms. The molecule has 1 aliphatic rings. The van der Waals surface area contributed by atoms with Gasteiger partial charge in [-0.25, -0.2) is 14.5 Å². The summed E-state index contributed by atoms with van der Waals surface area (Å²) in [5, 5.41) is 32.2. The first kappa shape index (κ1) is 22.0. The molecule has 0 aromatic heterocycles. The largest absolute Gasteiger partial charge is 0.500 e. The topological polar surface area (TPSA) is 176 Å². The molecular weight excluding hydrogens is 426 g/mol. The van der Waals surface area contributed by atoms with Gasteiger partial charge in [-0.05, 0) is 48.9 Å². The van der Waals surface area contributed by atoms with Crippen LogP contribution in [0.1, 0.15) is 22.8 Å². The summed E-state index contributed by atoms with van der Waals surface area (Å²) in [7, 11) is 0. The summed E-state index contributed by atoms with van der Waals surface area (Å²) in [4.78, 5) is 59.5. The number of ether oxygens (including phenoxy) is 1. The number of aromatic hydroxyl groups is 1. The van der Waals surface area contributed by atoms with E-state index >= 15 is 0 Å². The van der Waals surface area contributed by atoms with E-state index in [4.69, 9.17) is 9.84 Å². The molecule has 4 amide bonds. The number of nitro groups is 1. The number of benzene rings is 2. The first-order valence-corrected chi connectivity index (χ1v) is 9.03. The SMILES string of the molecule is CCOc1cc(/C=C2\C(=O)NC(=O)N(c3ccc(C(=O)O)cc3)C2=O)cc([N+](=O)[O-])c1O. The molecule has 3 rings (SSSR count). The van der Waals surface area contributed by atoms with Gasteiger partial charge in [0.25, 0.3) is 11.8 Å². The molecule has 0 bridgehead atoms. The molecule has 32 heavy (non-hydrogen) atoms. The predicted molar refractivity (Wildman–Crippen MR) is 108 cm³/mol. The molecule has 0 radical (unpaired) electrons. The van der Waals surface area contributed by atoms with Crippen molar-refractivity contribution in [2.75, 3.05) is 11.5 Å². The van der Waals surface area contributed by atoms with Crippen LogP contribution in [0.4, 0.5) is 16.2 Å². The van der Waals surface area contributed by atoms with E-state index in [9.17, 15) is 34.4 Å². The summed E-state index contributed by atoms with van der Waals surface area (Å²) < 4.78 is 5.17. The molecule has 1 saturated heterocycles. The van der Waals surface area contributed by atoms with E-state index in [0.717, 1.165) is 12.1 Å². The average molecular weight is 441 g/mol. The number of carbonyl (C=O) groups excluding carboxylic acids is 3. The van der Waals surface area contributed by atoms with Crippen LogP contribution in [0.5, 0.6) is 11.5 Å². The highest BCUT2D eigenvalue weighted by Crippen LogP contribution is 2.38. The van der Waals surface area contributed by atoms with E-state index in [1.54, 1.807) is 6.92 Å². The van der Waals surface area contributed by atoms with Crippen molar-refractivity contribution in [1.29, 1.82) is 0 Å². The highest BCUT2D eigenvalue weighted by molar-refractivity contribution is 6.39. The zero-order valence-corrected chi connectivity index (χ0v) is 16.4. The number of imide groups is 2. The monoisotopic (exact) mass is 441 g/mol. The molecule has 1 fully saturated rings. The molecule has 164 valence electrons. The number of anilines is 1. The second-order valence-electron chi connectivity index (χ2n) is 6.39. The van der Waals surface area contributed by atoms with Crippen molar-refractivity contribution in [3.05, 3.63) is 63.2 Å². The van der Waals surface area contributed by atoms with Gasteiger partial charge in [-0.1, -0.05) is 0 Å². The number of nitrogens with one attached hydrogen (secondary N) is 1. The molecule has 2 aromatic rings. The van der Waals surface area contributed by atoms with Crippen LogP contribution >= 0.6 is 0 Å². The number of carboxylic acids is 1. The fourth-order valence-corrected chi connectivity index (χ4v) is 2.91. The summed E-state index contributed by atoms with van der Waals surface area (Å²) in [5.41, 5.74) is -1.31. The lowest BCUT2D eigenvalue weighted by Gasteiger charge is -2.26. The molecule has 2 aromatic carbocycles. The molecule has 12 heteroatoms. The van der Waals surface area contributed by atoms with Gasteiger partial charge in [0, 0.05) is 6.07 Å². The average Bonchev–Trinajstić information content (AvgIpc) is 2.73. The lowest BCUT2D eigenvalue weighted by atomic mass is 10.1. The number of rotatable bonds is 6. The third-order valence-electron chi connectivity index (χ3n) is 4.36. The van der Waals surface area contributed by atoms with Gasteiger partial charge in [0.1, 0.15) is 5.57 Å². The van der Waals surface area contributed by atoms with Crippen LogP contribution in [0.2, 0.25) is 0 Å². The van der Waals surface area contributed by atoms with Gasteiger partial charge in [0.05, 0.1) is 22.8 Å². The smallest absolute Gasteiger partial charge is 0.335 e. The van der Waals surface area contributed by atoms with Crippen LogP contribution in [-0.4, -0.2) is 45.6 Å². The van der Waals surface area contributed by atoms with Crippen molar-refractivity contribution in [3.63, 3.8) is 0 Å². The van der Waals surface area contributed by atoms with Gasteiger partial charge in [-0.15, -0.1) is 0 Å². The van der Waals surface area contributed by atoms with Crippen LogP contribution in [0.15, 0.2) is 42.0 Å². The van der Waals surface area contributed by atoms with Gasteiger partial charge in [0.2, 0.25) is 5.75 Å². The Labute approximate surface area is 179 Å². The summed E-state index contributed by atoms with van der Waals surface area (Å²) in [6.07, 6.45) is 1.01. The maximum atomic E-state index is 12.9. The Morgan fingerprint density at radius 2 is 1.88 bits per heavy atom. The van der Waals surface area contributed by atoms with Crippen molar-refractivity contribution in [2.24, 2.45) is 0 Å². The summed E-state index contributed by atoms with van der Waals surface area (Å²) in [6, 6.07) is 5.87. The number of nitrogens with zero attached hydrogens (tertiary/aromatic N) is 2. The second kappa shape index (κ2) is 8.55. The Bertz CT molecular complexity index is 1190. The maximum Gasteiger partial charge on any atom is 0.335 e. The van der Waals surface area contributed by atoms with Crippen LogP contribution < -0.4 is 15.0 Å². The Hall–Kier alpha value is -4.74. The molecule has 1 aliphatic heterocycles. The minimum absolute atomic E-state index is 0.00240. The van der Waals surface area contributed by atoms with E-state index in [-0.39, 0.29) is 29.2 Å². The van der Waals surface area contributed by atoms with Gasteiger partial charge in [-0.3, -0.25) is 25.0 Å². The summed E-state index contributed by atoms with van der Waals surface area (Å²) in [6.45, 7) is 1.67. The van der Waals surface area contributed by atoms with E-state index in [1.165, 1.54) is 30.3 Å². The standard InChI is InChI=1S/C20H15N3O9/c1-2-32-15-9-10(8-14(16(15)24)23(30)31)7-13-17(25)21-20(29)22(18(13)26)12-5-3-11(4-6-12)19(27)28/h3-9,24H,2H2,1H3,(H,27,28)(H,21,25,29)/b13-7+. The van der Waals surface area contributed by atoms with E-state index in [2.05, 4.69) is 0 Å². The van der Waals surface area contributed by atoms with Crippen molar-refractivity contribution in [2.45, 2.75) is 6.92 Å². The molecule has 0 aliphatic carbocycles. The number of phenols is 1. The Balaban J connectivity index is 2.06. The van der Waals surface area contributed by atoms with Crippen LogP contribution in [-0.2, 0) is 9.59 Å². The first-order chi connectivity index (χ1) is 15.1. The number of nitro benzene ring substituents is 1. The highest BCUT2D eigenvalue weighted by atomic mass is 16.6. The Kier molecular flexibility index (Phi) is 5.87. The van der Waals surface area contributed by atoms with Crippen LogP contribution in [0.25, 0.3) is 6.08 Å². The third-order valence-corrected chi connectivity index (χ3v) is 4.36. The quantitative estimate of drug-likeness (QED) is 0.262. The minimum atomic E-state index is -1.21. The van der Waals surface area contributed by atoms with Crippen molar-refractivity contribution in [3.8, 4) is 11.5 Å². The lowest BCUT2D eigenvalue weighted by Crippen LogP contribution is -2.54. The van der Waals surface area contributed by atoms with Crippen molar-refractivity contribution in [1.82, 2.24) is 5.32 Å². The van der Waals surface area contributed by atoms with Crippen molar-refractivity contribution < 1.29 is 39.1 Å². The van der Waals surface area contributed by atoms with Gasteiger partial charge < -0.3 is 14.9 Å². The number of hydrogen-bond donors (Lipinski definition) is 3. The summed E-state index contributed by atoms with van der Waals surface area (Å²) >= 11 is 0. The summed E-state index contributed by atoms with van der Waals surface area (Å²) in [5.74, 6) is -4.22. The third kappa shape index (κ3) is 4.09. The van der Waals surface area contributed by atoms with Gasteiger partial charge in [0.15, 0.2) is 5.75 Å². The number of barbiturate groups is 1. The zero-order valence-electron chi connectivity index (χ0n) is 16.4. The zero-order chi connectivity index (χ0) is 23.6. The van der Waals surface area contributed by atoms with E-state index in [0.29, 0.717) is 4.90 Å². The number of aromatic carboxylic acids is 1. The van der Waals surface area contributed by atoms with Crippen LogP contribution in [0.3, 0.4) is 0 Å². The Morgan fingerprint density at radius 3 is 2.44 bits per heavy atom. The molecule has 0 saturated carbocycles. The fraction of sp³-hybridized carbons (Fsp3) is 0.100. The van der Waals surface area contributed by atoms with Gasteiger partial charge >= 0.3 is 17.7 Å². The second-order valence-corrected chi connectivity index (χ2v) is 6.39. The molecule has 1 heterocycles. The molecule has 0 unspecified atom stereocenters. The Morgan fingerprint density at radius 1 is 1.22 bits per heavy atom. The normalized spacial score (nSPS) is 15.0. The van der Waals surface area contributed by atoms with E-state index in [1.807, 2.05) is 5.32 Å². The molecule has 0 atom stereocenters. The van der Waals surface area contributed by atoms with Crippen molar-refractivity contribution >= 4 is 41.3 Å². The first-order valence-electron chi connectivity index (χ1n) is 9.03. The lowest BCUT2D eigenvalue weighted by molar-refractivity contribution is -0.386. The molecule has 12 nitrogen and oxygen atoms in total. The minimum Gasteiger partial charge on any atom is -0.500 e. The number of amides is 4. The van der Waals surface area contributed by atoms with Gasteiger partial charge in [-0.2, -0.15) is 0 Å². The number of carbonyl (C=O) groups is 4. The molecule has 3 N–H and O–H groups in total. The predicted octanol–water partition coefficient (Wildman–Crippen LogP) is 2.06. The number of urea groups is 1. The number of carboxylic acid groups (broad SMARTS) is 1. The molecular formula is C20H15N3O9. The highest BCUT2D eigenvalue weighted by Gasteiger charge is 2.37. The maximum absolute atomic E-state index is 12.9.